The lowest BCUT2D eigenvalue weighted by molar-refractivity contribution is -0.120. The summed E-state index contributed by atoms with van der Waals surface area (Å²) < 4.78 is 18.9. The van der Waals surface area contributed by atoms with Crippen molar-refractivity contribution in [3.63, 3.8) is 0 Å². The second kappa shape index (κ2) is 8.20. The highest BCUT2D eigenvalue weighted by atomic mass is 19.1. The maximum Gasteiger partial charge on any atom is 0.253 e. The summed E-state index contributed by atoms with van der Waals surface area (Å²) in [4.78, 5) is 25.8. The van der Waals surface area contributed by atoms with E-state index in [0.717, 1.165) is 18.4 Å². The normalized spacial score (nSPS) is 16.7. The largest absolute Gasteiger partial charge is 0.496 e. The van der Waals surface area contributed by atoms with E-state index in [1.807, 2.05) is 0 Å². The van der Waals surface area contributed by atoms with E-state index in [1.165, 1.54) is 26.2 Å². The molecule has 6 heteroatoms. The monoisotopic (exact) mass is 370 g/mol. The zero-order chi connectivity index (χ0) is 19.4. The number of carbonyl (C=O) groups excluding carboxylic acids is 2. The van der Waals surface area contributed by atoms with Gasteiger partial charge in [-0.05, 0) is 48.7 Å². The third kappa shape index (κ3) is 4.45. The number of ether oxygens (including phenoxy) is 1. The summed E-state index contributed by atoms with van der Waals surface area (Å²) in [7, 11) is 1.54. The number of rotatable bonds is 4. The Bertz CT molecular complexity index is 836. The third-order valence-electron chi connectivity index (χ3n) is 4.72. The van der Waals surface area contributed by atoms with Crippen LogP contribution in [0.3, 0.4) is 0 Å². The van der Waals surface area contributed by atoms with Gasteiger partial charge in [0.05, 0.1) is 7.11 Å². The number of hydrogen-bond acceptors (Lipinski definition) is 3. The number of halogens is 1. The van der Waals surface area contributed by atoms with E-state index < -0.39 is 0 Å². The van der Waals surface area contributed by atoms with Crippen LogP contribution in [0.5, 0.6) is 5.75 Å². The van der Waals surface area contributed by atoms with Gasteiger partial charge >= 0.3 is 0 Å². The fourth-order valence-electron chi connectivity index (χ4n) is 3.45. The van der Waals surface area contributed by atoms with Gasteiger partial charge in [0.2, 0.25) is 5.91 Å². The molecule has 1 aliphatic rings. The van der Waals surface area contributed by atoms with Gasteiger partial charge in [0.1, 0.15) is 11.6 Å². The highest BCUT2D eigenvalue weighted by Crippen LogP contribution is 2.31. The van der Waals surface area contributed by atoms with Gasteiger partial charge in [-0.1, -0.05) is 12.1 Å². The number of methoxy groups -OCH3 is 1. The Kier molecular flexibility index (Phi) is 5.74. The van der Waals surface area contributed by atoms with Gasteiger partial charge in [-0.25, -0.2) is 4.39 Å². The molecule has 1 N–H and O–H groups in total. The number of piperidine rings is 1. The summed E-state index contributed by atoms with van der Waals surface area (Å²) in [5, 5.41) is 2.88. The first-order valence-electron chi connectivity index (χ1n) is 8.98. The molecule has 1 aliphatic heterocycles. The van der Waals surface area contributed by atoms with Crippen molar-refractivity contribution < 1.29 is 18.7 Å². The van der Waals surface area contributed by atoms with Crippen LogP contribution in [-0.4, -0.2) is 43.0 Å². The molecule has 2 amide bonds. The van der Waals surface area contributed by atoms with Crippen molar-refractivity contribution in [1.82, 2.24) is 10.2 Å². The van der Waals surface area contributed by atoms with E-state index in [1.54, 1.807) is 35.2 Å². The smallest absolute Gasteiger partial charge is 0.253 e. The standard InChI is InChI=1S/C21H23FN2O3/c1-14(25)23-18-4-3-11-24(13-18)21(26)16-7-5-15(6-8-16)19-12-17(22)9-10-20(19)27-2/h5-10,12,18H,3-4,11,13H2,1-2H3,(H,23,25). The van der Waals surface area contributed by atoms with Crippen LogP contribution in [0, 0.1) is 5.82 Å². The highest BCUT2D eigenvalue weighted by Gasteiger charge is 2.25. The Morgan fingerprint density at radius 1 is 1.19 bits per heavy atom. The number of hydrogen-bond donors (Lipinski definition) is 1. The van der Waals surface area contributed by atoms with Gasteiger partial charge in [0.25, 0.3) is 5.91 Å². The van der Waals surface area contributed by atoms with Crippen molar-refractivity contribution in [2.75, 3.05) is 20.2 Å². The first kappa shape index (κ1) is 18.9. The summed E-state index contributed by atoms with van der Waals surface area (Å²) in [5.41, 5.74) is 1.98. The van der Waals surface area contributed by atoms with Gasteiger partial charge < -0.3 is 15.0 Å². The zero-order valence-corrected chi connectivity index (χ0v) is 15.5. The molecule has 0 radical (unpaired) electrons. The minimum Gasteiger partial charge on any atom is -0.496 e. The van der Waals surface area contributed by atoms with Crippen LogP contribution in [0.15, 0.2) is 42.5 Å². The minimum atomic E-state index is -0.344. The average molecular weight is 370 g/mol. The molecule has 1 heterocycles. The van der Waals surface area contributed by atoms with Crippen molar-refractivity contribution in [1.29, 1.82) is 0 Å². The first-order valence-corrected chi connectivity index (χ1v) is 8.98. The maximum atomic E-state index is 13.6. The number of benzene rings is 2. The van der Waals surface area contributed by atoms with Crippen LogP contribution < -0.4 is 10.1 Å². The topological polar surface area (TPSA) is 58.6 Å². The van der Waals surface area contributed by atoms with Crippen LogP contribution >= 0.6 is 0 Å². The molecule has 0 spiro atoms. The van der Waals surface area contributed by atoms with Crippen molar-refractivity contribution >= 4 is 11.8 Å². The van der Waals surface area contributed by atoms with Crippen LogP contribution in [-0.2, 0) is 4.79 Å². The number of amides is 2. The van der Waals surface area contributed by atoms with Crippen molar-refractivity contribution in [2.24, 2.45) is 0 Å². The van der Waals surface area contributed by atoms with Crippen LogP contribution in [0.4, 0.5) is 4.39 Å². The molecular formula is C21H23FN2O3. The summed E-state index contributed by atoms with van der Waals surface area (Å²) in [6, 6.07) is 11.4. The molecule has 3 rings (SSSR count). The quantitative estimate of drug-likeness (QED) is 0.899. The molecule has 1 saturated heterocycles. The van der Waals surface area contributed by atoms with E-state index in [4.69, 9.17) is 4.74 Å². The first-order chi connectivity index (χ1) is 13.0. The van der Waals surface area contributed by atoms with Gasteiger partial charge in [0.15, 0.2) is 0 Å². The Morgan fingerprint density at radius 2 is 1.93 bits per heavy atom. The molecule has 1 atom stereocenters. The number of nitrogens with one attached hydrogen (secondary N) is 1. The lowest BCUT2D eigenvalue weighted by Gasteiger charge is -2.33. The average Bonchev–Trinajstić information content (AvgIpc) is 2.67. The molecule has 2 aromatic rings. The molecule has 0 aromatic heterocycles. The zero-order valence-electron chi connectivity index (χ0n) is 15.5. The van der Waals surface area contributed by atoms with Crippen molar-refractivity contribution in [3.8, 4) is 16.9 Å². The fourth-order valence-corrected chi connectivity index (χ4v) is 3.45. The molecule has 0 saturated carbocycles. The maximum absolute atomic E-state index is 13.6. The highest BCUT2D eigenvalue weighted by molar-refractivity contribution is 5.95. The molecule has 0 aliphatic carbocycles. The summed E-state index contributed by atoms with van der Waals surface area (Å²) in [6.45, 7) is 2.67. The van der Waals surface area contributed by atoms with Crippen LogP contribution in [0.2, 0.25) is 0 Å². The van der Waals surface area contributed by atoms with Crippen LogP contribution in [0.25, 0.3) is 11.1 Å². The summed E-state index contributed by atoms with van der Waals surface area (Å²) in [6.07, 6.45) is 1.73. The SMILES string of the molecule is COc1ccc(F)cc1-c1ccc(C(=O)N2CCCC(NC(C)=O)C2)cc1. The second-order valence-electron chi connectivity index (χ2n) is 6.71. The molecule has 142 valence electrons. The van der Waals surface area contributed by atoms with E-state index in [0.29, 0.717) is 30.0 Å². The molecular weight excluding hydrogens is 347 g/mol. The molecule has 0 bridgehead atoms. The summed E-state index contributed by atoms with van der Waals surface area (Å²) >= 11 is 0. The van der Waals surface area contributed by atoms with E-state index in [-0.39, 0.29) is 23.7 Å². The molecule has 5 nitrogen and oxygen atoms in total. The Hall–Kier alpha value is -2.89. The number of likely N-dealkylation sites (tertiary alicyclic amines) is 1. The van der Waals surface area contributed by atoms with E-state index in [9.17, 15) is 14.0 Å². The number of nitrogens with zero attached hydrogens (tertiary/aromatic N) is 1. The Balaban J connectivity index is 1.76. The fraction of sp³-hybridized carbons (Fsp3) is 0.333. The molecule has 2 aromatic carbocycles. The summed E-state index contributed by atoms with van der Waals surface area (Å²) in [5.74, 6) is 0.0819. The number of carbonyl (C=O) groups is 2. The lowest BCUT2D eigenvalue weighted by atomic mass is 10.0. The van der Waals surface area contributed by atoms with Crippen molar-refractivity contribution in [2.45, 2.75) is 25.8 Å². The van der Waals surface area contributed by atoms with Gasteiger partial charge in [0, 0.05) is 37.2 Å². The third-order valence-corrected chi connectivity index (χ3v) is 4.72. The van der Waals surface area contributed by atoms with E-state index in [2.05, 4.69) is 5.32 Å². The molecule has 27 heavy (non-hydrogen) atoms. The minimum absolute atomic E-state index is 0.00368. The second-order valence-corrected chi connectivity index (χ2v) is 6.71. The molecule has 1 fully saturated rings. The van der Waals surface area contributed by atoms with Gasteiger partial charge in [-0.2, -0.15) is 0 Å². The molecule has 1 unspecified atom stereocenters. The Labute approximate surface area is 158 Å². The van der Waals surface area contributed by atoms with E-state index >= 15 is 0 Å². The van der Waals surface area contributed by atoms with Gasteiger partial charge in [-0.3, -0.25) is 9.59 Å². The van der Waals surface area contributed by atoms with Crippen molar-refractivity contribution in [3.05, 3.63) is 53.8 Å². The predicted octanol–water partition coefficient (Wildman–Crippen LogP) is 3.24. The lowest BCUT2D eigenvalue weighted by Crippen LogP contribution is -2.49. The van der Waals surface area contributed by atoms with Gasteiger partial charge in [-0.15, -0.1) is 0 Å². The predicted molar refractivity (Wildman–Crippen MR) is 101 cm³/mol. The Morgan fingerprint density at radius 3 is 2.59 bits per heavy atom. The van der Waals surface area contributed by atoms with Crippen LogP contribution in [0.1, 0.15) is 30.1 Å².